The van der Waals surface area contributed by atoms with Gasteiger partial charge in [-0.3, -0.25) is 4.79 Å². The molecule has 0 spiro atoms. The molecule has 4 heteroatoms. The lowest BCUT2D eigenvalue weighted by Gasteiger charge is -2.12. The predicted molar refractivity (Wildman–Crippen MR) is 63.4 cm³/mol. The largest absolute Gasteiger partial charge is 0.481 e. The number of carbonyl (C=O) groups is 2. The fourth-order valence-corrected chi connectivity index (χ4v) is 1.69. The third-order valence-corrected chi connectivity index (χ3v) is 2.97. The van der Waals surface area contributed by atoms with Crippen molar-refractivity contribution in [1.29, 1.82) is 0 Å². The van der Waals surface area contributed by atoms with E-state index >= 15 is 0 Å². The molecule has 1 aromatic carbocycles. The Morgan fingerprint density at radius 2 is 1.82 bits per heavy atom. The summed E-state index contributed by atoms with van der Waals surface area (Å²) in [5, 5.41) is 17.8. The molecule has 92 valence electrons. The average molecular weight is 236 g/mol. The zero-order valence-electron chi connectivity index (χ0n) is 10.2. The number of benzene rings is 1. The fourth-order valence-electron chi connectivity index (χ4n) is 1.69. The highest BCUT2D eigenvalue weighted by Crippen LogP contribution is 2.20. The topological polar surface area (TPSA) is 74.6 Å². The monoisotopic (exact) mass is 236 g/mol. The molecule has 0 saturated heterocycles. The van der Waals surface area contributed by atoms with Gasteiger partial charge in [-0.05, 0) is 49.1 Å². The Kier molecular flexibility index (Phi) is 3.89. The van der Waals surface area contributed by atoms with Crippen molar-refractivity contribution in [3.8, 4) is 0 Å². The van der Waals surface area contributed by atoms with Crippen LogP contribution in [0.2, 0.25) is 0 Å². The van der Waals surface area contributed by atoms with Crippen molar-refractivity contribution in [2.24, 2.45) is 5.92 Å². The maximum Gasteiger partial charge on any atom is 0.335 e. The summed E-state index contributed by atoms with van der Waals surface area (Å²) in [6.07, 6.45) is 0.350. The van der Waals surface area contributed by atoms with Crippen molar-refractivity contribution in [1.82, 2.24) is 0 Å². The quantitative estimate of drug-likeness (QED) is 0.840. The summed E-state index contributed by atoms with van der Waals surface area (Å²) in [7, 11) is 0. The van der Waals surface area contributed by atoms with Crippen LogP contribution >= 0.6 is 0 Å². The van der Waals surface area contributed by atoms with E-state index in [-0.39, 0.29) is 5.56 Å². The van der Waals surface area contributed by atoms with E-state index in [1.807, 2.05) is 13.8 Å². The normalized spacial score (nSPS) is 12.2. The second-order valence-electron chi connectivity index (χ2n) is 4.33. The van der Waals surface area contributed by atoms with Gasteiger partial charge in [0.2, 0.25) is 0 Å². The molecule has 1 aromatic rings. The molecule has 0 aromatic heterocycles. The van der Waals surface area contributed by atoms with Crippen LogP contribution in [0.3, 0.4) is 0 Å². The van der Waals surface area contributed by atoms with Gasteiger partial charge in [0.1, 0.15) is 0 Å². The van der Waals surface area contributed by atoms with Crippen LogP contribution in [0, 0.1) is 19.8 Å². The lowest BCUT2D eigenvalue weighted by atomic mass is 9.93. The fraction of sp³-hybridized carbons (Fsp3) is 0.385. The third-order valence-electron chi connectivity index (χ3n) is 2.97. The predicted octanol–water partition coefficient (Wildman–Crippen LogP) is 2.26. The van der Waals surface area contributed by atoms with Crippen LogP contribution in [-0.4, -0.2) is 22.2 Å². The zero-order valence-corrected chi connectivity index (χ0v) is 10.2. The Morgan fingerprint density at radius 1 is 1.24 bits per heavy atom. The van der Waals surface area contributed by atoms with E-state index in [4.69, 9.17) is 10.2 Å². The maximum absolute atomic E-state index is 10.9. The molecule has 1 rings (SSSR count). The highest BCUT2D eigenvalue weighted by Gasteiger charge is 2.15. The van der Waals surface area contributed by atoms with E-state index in [9.17, 15) is 9.59 Å². The van der Waals surface area contributed by atoms with Crippen LogP contribution in [0.25, 0.3) is 0 Å². The van der Waals surface area contributed by atoms with Crippen molar-refractivity contribution in [2.45, 2.75) is 27.2 Å². The summed E-state index contributed by atoms with van der Waals surface area (Å²) in [5.41, 5.74) is 2.83. The van der Waals surface area contributed by atoms with Gasteiger partial charge in [-0.2, -0.15) is 0 Å². The van der Waals surface area contributed by atoms with Crippen LogP contribution in [0.15, 0.2) is 12.1 Å². The minimum Gasteiger partial charge on any atom is -0.481 e. The molecule has 0 aliphatic rings. The molecule has 1 atom stereocenters. The zero-order chi connectivity index (χ0) is 13.2. The van der Waals surface area contributed by atoms with Gasteiger partial charge in [0.15, 0.2) is 0 Å². The second-order valence-corrected chi connectivity index (χ2v) is 4.33. The van der Waals surface area contributed by atoms with Gasteiger partial charge in [0.25, 0.3) is 0 Å². The van der Waals surface area contributed by atoms with Crippen LogP contribution in [0.5, 0.6) is 0 Å². The molecule has 0 saturated carbocycles. The molecule has 0 amide bonds. The van der Waals surface area contributed by atoms with Crippen LogP contribution in [0.4, 0.5) is 0 Å². The molecule has 0 aliphatic heterocycles. The molecule has 0 heterocycles. The van der Waals surface area contributed by atoms with Gasteiger partial charge in [-0.25, -0.2) is 4.79 Å². The van der Waals surface area contributed by atoms with E-state index in [0.717, 1.165) is 16.7 Å². The molecule has 2 N–H and O–H groups in total. The van der Waals surface area contributed by atoms with E-state index < -0.39 is 17.9 Å². The van der Waals surface area contributed by atoms with Gasteiger partial charge in [0, 0.05) is 0 Å². The number of hydrogen-bond acceptors (Lipinski definition) is 2. The number of aryl methyl sites for hydroxylation is 1. The van der Waals surface area contributed by atoms with Gasteiger partial charge in [-0.1, -0.05) is 6.92 Å². The van der Waals surface area contributed by atoms with Crippen molar-refractivity contribution in [3.63, 3.8) is 0 Å². The van der Waals surface area contributed by atoms with Crippen molar-refractivity contribution >= 4 is 11.9 Å². The first-order valence-electron chi connectivity index (χ1n) is 5.39. The van der Waals surface area contributed by atoms with Crippen molar-refractivity contribution < 1.29 is 19.8 Å². The highest BCUT2D eigenvalue weighted by atomic mass is 16.4. The average Bonchev–Trinajstić information content (AvgIpc) is 2.23. The van der Waals surface area contributed by atoms with E-state index in [1.54, 1.807) is 19.1 Å². The second kappa shape index (κ2) is 4.99. The number of carboxylic acid groups (broad SMARTS) is 2. The first-order valence-corrected chi connectivity index (χ1v) is 5.39. The van der Waals surface area contributed by atoms with E-state index in [0.29, 0.717) is 6.42 Å². The number of hydrogen-bond donors (Lipinski definition) is 2. The summed E-state index contributed by atoms with van der Waals surface area (Å²) in [5.74, 6) is -2.38. The van der Waals surface area contributed by atoms with Gasteiger partial charge in [-0.15, -0.1) is 0 Å². The smallest absolute Gasteiger partial charge is 0.335 e. The van der Waals surface area contributed by atoms with Crippen LogP contribution in [0.1, 0.15) is 34.0 Å². The Balaban J connectivity index is 3.14. The maximum atomic E-state index is 10.9. The lowest BCUT2D eigenvalue weighted by Crippen LogP contribution is -2.14. The summed E-state index contributed by atoms with van der Waals surface area (Å²) in [4.78, 5) is 21.7. The third kappa shape index (κ3) is 3.06. The molecule has 4 nitrogen and oxygen atoms in total. The number of aliphatic carboxylic acids is 1. The minimum absolute atomic E-state index is 0.209. The van der Waals surface area contributed by atoms with Crippen molar-refractivity contribution in [3.05, 3.63) is 34.4 Å². The lowest BCUT2D eigenvalue weighted by molar-refractivity contribution is -0.141. The SMILES string of the molecule is Cc1cc(C(=O)O)cc(CC(C)C(=O)O)c1C. The Morgan fingerprint density at radius 3 is 2.29 bits per heavy atom. The van der Waals surface area contributed by atoms with Crippen molar-refractivity contribution in [2.75, 3.05) is 0 Å². The number of aromatic carboxylic acids is 1. The number of carboxylic acids is 2. The Labute approximate surface area is 99.9 Å². The summed E-state index contributed by atoms with van der Waals surface area (Å²) in [6, 6.07) is 3.16. The molecule has 0 radical (unpaired) electrons. The summed E-state index contributed by atoms with van der Waals surface area (Å²) >= 11 is 0. The van der Waals surface area contributed by atoms with Crippen LogP contribution in [-0.2, 0) is 11.2 Å². The van der Waals surface area contributed by atoms with E-state index in [1.165, 1.54) is 0 Å². The summed E-state index contributed by atoms with van der Waals surface area (Å²) < 4.78 is 0. The molecule has 17 heavy (non-hydrogen) atoms. The van der Waals surface area contributed by atoms with Gasteiger partial charge < -0.3 is 10.2 Å². The molecular formula is C13H16O4. The molecule has 0 bridgehead atoms. The first-order chi connectivity index (χ1) is 7.82. The van der Waals surface area contributed by atoms with Gasteiger partial charge in [0.05, 0.1) is 11.5 Å². The molecule has 0 fully saturated rings. The standard InChI is InChI=1S/C13H16O4/c1-7-4-11(13(16)17)6-10(9(7)3)5-8(2)12(14)15/h4,6,8H,5H2,1-3H3,(H,14,15)(H,16,17). The number of rotatable bonds is 4. The minimum atomic E-state index is -0.989. The van der Waals surface area contributed by atoms with E-state index in [2.05, 4.69) is 0 Å². The first kappa shape index (κ1) is 13.2. The highest BCUT2D eigenvalue weighted by molar-refractivity contribution is 5.88. The molecule has 1 unspecified atom stereocenters. The summed E-state index contributed by atoms with van der Waals surface area (Å²) in [6.45, 7) is 5.33. The molecular weight excluding hydrogens is 220 g/mol. The Hall–Kier alpha value is -1.84. The van der Waals surface area contributed by atoms with Gasteiger partial charge >= 0.3 is 11.9 Å². The van der Waals surface area contributed by atoms with Crippen LogP contribution < -0.4 is 0 Å². The molecule has 0 aliphatic carbocycles. The Bertz CT molecular complexity index is 463.